The second-order valence-corrected chi connectivity index (χ2v) is 4.31. The number of fused-ring (bicyclic) bond motifs is 1. The molecule has 4 nitrogen and oxygen atoms in total. The van der Waals surface area contributed by atoms with Crippen molar-refractivity contribution >= 4 is 16.7 Å². The zero-order valence-electron chi connectivity index (χ0n) is 11.1. The fourth-order valence-corrected chi connectivity index (χ4v) is 2.08. The highest BCUT2D eigenvalue weighted by atomic mass is 16.5. The van der Waals surface area contributed by atoms with Gasteiger partial charge >= 0.3 is 0 Å². The number of hydrogen-bond donors (Lipinski definition) is 1. The Balaban J connectivity index is 2.58. The molecule has 2 aromatic carbocycles. The lowest BCUT2D eigenvalue weighted by molar-refractivity contribution is 0.0765. The highest BCUT2D eigenvalue weighted by molar-refractivity contribution is 6.09. The third kappa shape index (κ3) is 2.53. The SMILES string of the molecule is COc1ccc2ccccc2c1C(=O)N(C)CCO. The normalized spacial score (nSPS) is 10.5. The molecule has 0 aliphatic heterocycles. The van der Waals surface area contributed by atoms with Gasteiger partial charge in [-0.25, -0.2) is 0 Å². The van der Waals surface area contributed by atoms with Crippen LogP contribution in [0.2, 0.25) is 0 Å². The number of benzene rings is 2. The van der Waals surface area contributed by atoms with E-state index in [0.29, 0.717) is 17.9 Å². The Bertz CT molecular complexity index is 595. The third-order valence-electron chi connectivity index (χ3n) is 3.11. The van der Waals surface area contributed by atoms with E-state index in [9.17, 15) is 4.79 Å². The summed E-state index contributed by atoms with van der Waals surface area (Å²) in [6.45, 7) is 0.237. The summed E-state index contributed by atoms with van der Waals surface area (Å²) in [5.41, 5.74) is 0.538. The Hall–Kier alpha value is -2.07. The average Bonchev–Trinajstić information content (AvgIpc) is 2.45. The molecule has 1 N–H and O–H groups in total. The van der Waals surface area contributed by atoms with Gasteiger partial charge in [0.15, 0.2) is 0 Å². The van der Waals surface area contributed by atoms with Crippen molar-refractivity contribution in [2.45, 2.75) is 0 Å². The van der Waals surface area contributed by atoms with E-state index < -0.39 is 0 Å². The van der Waals surface area contributed by atoms with Crippen LogP contribution in [-0.2, 0) is 0 Å². The van der Waals surface area contributed by atoms with E-state index in [-0.39, 0.29) is 12.5 Å². The van der Waals surface area contributed by atoms with Gasteiger partial charge in [-0.05, 0) is 16.8 Å². The van der Waals surface area contributed by atoms with Gasteiger partial charge in [-0.1, -0.05) is 30.3 Å². The molecule has 0 aliphatic rings. The van der Waals surface area contributed by atoms with Gasteiger partial charge in [0.1, 0.15) is 5.75 Å². The van der Waals surface area contributed by atoms with E-state index in [1.54, 1.807) is 20.2 Å². The number of carbonyl (C=O) groups excluding carboxylic acids is 1. The number of rotatable bonds is 4. The van der Waals surface area contributed by atoms with E-state index >= 15 is 0 Å². The van der Waals surface area contributed by atoms with E-state index in [2.05, 4.69) is 0 Å². The number of hydrogen-bond acceptors (Lipinski definition) is 3. The van der Waals surface area contributed by atoms with Gasteiger partial charge in [-0.2, -0.15) is 0 Å². The van der Waals surface area contributed by atoms with Crippen LogP contribution in [0.5, 0.6) is 5.75 Å². The first-order valence-corrected chi connectivity index (χ1v) is 6.11. The molecular weight excluding hydrogens is 242 g/mol. The lowest BCUT2D eigenvalue weighted by atomic mass is 10.0. The third-order valence-corrected chi connectivity index (χ3v) is 3.11. The van der Waals surface area contributed by atoms with Gasteiger partial charge < -0.3 is 14.7 Å². The smallest absolute Gasteiger partial charge is 0.258 e. The van der Waals surface area contributed by atoms with Gasteiger partial charge in [0.2, 0.25) is 0 Å². The van der Waals surface area contributed by atoms with Crippen molar-refractivity contribution in [3.05, 3.63) is 42.0 Å². The van der Waals surface area contributed by atoms with Crippen LogP contribution in [0.4, 0.5) is 0 Å². The molecule has 0 fully saturated rings. The Morgan fingerprint density at radius 1 is 1.26 bits per heavy atom. The van der Waals surface area contributed by atoms with Gasteiger partial charge in [0, 0.05) is 13.6 Å². The topological polar surface area (TPSA) is 49.8 Å². The number of methoxy groups -OCH3 is 1. The van der Waals surface area contributed by atoms with Crippen LogP contribution in [0.3, 0.4) is 0 Å². The highest BCUT2D eigenvalue weighted by Crippen LogP contribution is 2.28. The van der Waals surface area contributed by atoms with Gasteiger partial charge in [-0.3, -0.25) is 4.79 Å². The summed E-state index contributed by atoms with van der Waals surface area (Å²) in [5, 5.41) is 10.8. The van der Waals surface area contributed by atoms with E-state index in [0.717, 1.165) is 10.8 Å². The quantitative estimate of drug-likeness (QED) is 0.912. The summed E-state index contributed by atoms with van der Waals surface area (Å²) >= 11 is 0. The molecule has 19 heavy (non-hydrogen) atoms. The summed E-state index contributed by atoms with van der Waals surface area (Å²) in [6.07, 6.45) is 0. The molecule has 0 unspecified atom stereocenters. The van der Waals surface area contributed by atoms with E-state index in [1.807, 2.05) is 30.3 Å². The molecule has 1 amide bonds. The maximum Gasteiger partial charge on any atom is 0.258 e. The minimum atomic E-state index is -0.150. The molecule has 0 saturated carbocycles. The molecule has 0 aliphatic carbocycles. The number of nitrogens with zero attached hydrogens (tertiary/aromatic N) is 1. The Morgan fingerprint density at radius 2 is 2.00 bits per heavy atom. The Morgan fingerprint density at radius 3 is 2.68 bits per heavy atom. The van der Waals surface area contributed by atoms with Crippen LogP contribution in [0.1, 0.15) is 10.4 Å². The van der Waals surface area contributed by atoms with Crippen LogP contribution < -0.4 is 4.74 Å². The van der Waals surface area contributed by atoms with Gasteiger partial charge in [0.25, 0.3) is 5.91 Å². The second kappa shape index (κ2) is 5.71. The molecule has 0 bridgehead atoms. The lowest BCUT2D eigenvalue weighted by Crippen LogP contribution is -2.30. The molecule has 2 rings (SSSR count). The molecule has 2 aromatic rings. The lowest BCUT2D eigenvalue weighted by Gasteiger charge is -2.19. The van der Waals surface area contributed by atoms with E-state index in [4.69, 9.17) is 9.84 Å². The predicted molar refractivity (Wildman–Crippen MR) is 74.5 cm³/mol. The zero-order valence-corrected chi connectivity index (χ0v) is 11.1. The molecule has 0 radical (unpaired) electrons. The van der Waals surface area contributed by atoms with Crippen molar-refractivity contribution < 1.29 is 14.6 Å². The van der Waals surface area contributed by atoms with Crippen molar-refractivity contribution in [3.8, 4) is 5.75 Å². The molecule has 0 saturated heterocycles. The molecule has 0 heterocycles. The van der Waals surface area contributed by atoms with Crippen LogP contribution in [0.25, 0.3) is 10.8 Å². The van der Waals surface area contributed by atoms with Crippen molar-refractivity contribution in [1.82, 2.24) is 4.90 Å². The fraction of sp³-hybridized carbons (Fsp3) is 0.267. The van der Waals surface area contributed by atoms with Gasteiger partial charge in [-0.15, -0.1) is 0 Å². The van der Waals surface area contributed by atoms with E-state index in [1.165, 1.54) is 4.90 Å². The highest BCUT2D eigenvalue weighted by Gasteiger charge is 2.19. The van der Waals surface area contributed by atoms with Crippen LogP contribution >= 0.6 is 0 Å². The first-order chi connectivity index (χ1) is 9.19. The molecular formula is C15H17NO3. The molecule has 0 spiro atoms. The molecule has 100 valence electrons. The van der Waals surface area contributed by atoms with Crippen molar-refractivity contribution in [1.29, 1.82) is 0 Å². The summed E-state index contributed by atoms with van der Waals surface area (Å²) in [7, 11) is 3.21. The largest absolute Gasteiger partial charge is 0.496 e. The maximum absolute atomic E-state index is 12.5. The Labute approximate surface area is 112 Å². The number of aliphatic hydroxyl groups excluding tert-OH is 1. The minimum Gasteiger partial charge on any atom is -0.496 e. The van der Waals surface area contributed by atoms with Gasteiger partial charge in [0.05, 0.1) is 19.3 Å². The second-order valence-electron chi connectivity index (χ2n) is 4.31. The molecule has 0 atom stereocenters. The maximum atomic E-state index is 12.5. The standard InChI is InChI=1S/C15H17NO3/c1-16(9-10-17)15(18)14-12-6-4-3-5-11(12)7-8-13(14)19-2/h3-8,17H,9-10H2,1-2H3. The number of ether oxygens (including phenoxy) is 1. The number of amides is 1. The van der Waals surface area contributed by atoms with Crippen molar-refractivity contribution in [3.63, 3.8) is 0 Å². The number of carbonyl (C=O) groups is 1. The summed E-state index contributed by atoms with van der Waals surface area (Å²) in [4.78, 5) is 14.0. The summed E-state index contributed by atoms with van der Waals surface area (Å²) < 4.78 is 5.29. The first-order valence-electron chi connectivity index (χ1n) is 6.11. The molecule has 4 heteroatoms. The van der Waals surface area contributed by atoms with Crippen LogP contribution in [0.15, 0.2) is 36.4 Å². The van der Waals surface area contributed by atoms with Crippen LogP contribution in [-0.4, -0.2) is 43.2 Å². The summed E-state index contributed by atoms with van der Waals surface area (Å²) in [5.74, 6) is 0.399. The monoisotopic (exact) mass is 259 g/mol. The number of likely N-dealkylation sites (N-methyl/N-ethyl adjacent to an activating group) is 1. The fourth-order valence-electron chi connectivity index (χ4n) is 2.08. The zero-order chi connectivity index (χ0) is 13.8. The first kappa shape index (κ1) is 13.4. The Kier molecular flexibility index (Phi) is 4.02. The van der Waals surface area contributed by atoms with Crippen LogP contribution in [0, 0.1) is 0 Å². The van der Waals surface area contributed by atoms with Crippen molar-refractivity contribution in [2.75, 3.05) is 27.3 Å². The predicted octanol–water partition coefficient (Wildman–Crippen LogP) is 1.91. The molecule has 0 aromatic heterocycles. The number of aliphatic hydroxyl groups is 1. The van der Waals surface area contributed by atoms with Crippen molar-refractivity contribution in [2.24, 2.45) is 0 Å². The average molecular weight is 259 g/mol. The summed E-state index contributed by atoms with van der Waals surface area (Å²) in [6, 6.07) is 11.4. The minimum absolute atomic E-state index is 0.0602.